The van der Waals surface area contributed by atoms with E-state index in [4.69, 9.17) is 9.47 Å². The van der Waals surface area contributed by atoms with Crippen molar-refractivity contribution in [3.05, 3.63) is 53.3 Å². The summed E-state index contributed by atoms with van der Waals surface area (Å²) in [6.45, 7) is 7.42. The van der Waals surface area contributed by atoms with E-state index < -0.39 is 5.82 Å². The first-order valence-corrected chi connectivity index (χ1v) is 9.89. The first-order chi connectivity index (χ1) is 14.5. The molecule has 1 amide bonds. The average molecular weight is 416 g/mol. The molecule has 0 bridgehead atoms. The number of benzene rings is 2. The third-order valence-electron chi connectivity index (χ3n) is 4.17. The summed E-state index contributed by atoms with van der Waals surface area (Å²) in [5, 5.41) is 9.09. The predicted octanol–water partition coefficient (Wildman–Crippen LogP) is 3.35. The number of rotatable bonds is 9. The highest BCUT2D eigenvalue weighted by Gasteiger charge is 2.09. The molecule has 2 aromatic carbocycles. The van der Waals surface area contributed by atoms with E-state index >= 15 is 0 Å². The molecule has 7 nitrogen and oxygen atoms in total. The second-order valence-corrected chi connectivity index (χ2v) is 6.40. The van der Waals surface area contributed by atoms with Gasteiger partial charge in [0, 0.05) is 30.4 Å². The first-order valence-electron chi connectivity index (χ1n) is 9.89. The highest BCUT2D eigenvalue weighted by Crippen LogP contribution is 2.30. The maximum atomic E-state index is 13.6. The van der Waals surface area contributed by atoms with Gasteiger partial charge in [-0.05, 0) is 50.6 Å². The minimum absolute atomic E-state index is 0.286. The van der Waals surface area contributed by atoms with Crippen molar-refractivity contribution >= 4 is 17.6 Å². The number of aryl methyl sites for hydroxylation is 1. The Hall–Kier alpha value is -3.29. The fourth-order valence-electron chi connectivity index (χ4n) is 2.64. The van der Waals surface area contributed by atoms with Gasteiger partial charge in [-0.15, -0.1) is 0 Å². The molecule has 0 fully saturated rings. The van der Waals surface area contributed by atoms with E-state index in [9.17, 15) is 9.18 Å². The van der Waals surface area contributed by atoms with Gasteiger partial charge in [0.05, 0.1) is 20.3 Å². The monoisotopic (exact) mass is 416 g/mol. The van der Waals surface area contributed by atoms with Gasteiger partial charge in [-0.3, -0.25) is 9.79 Å². The first kappa shape index (κ1) is 23.0. The Balaban J connectivity index is 1.95. The van der Waals surface area contributed by atoms with Crippen molar-refractivity contribution in [2.45, 2.75) is 20.8 Å². The van der Waals surface area contributed by atoms with Crippen molar-refractivity contribution in [2.75, 3.05) is 38.7 Å². The Bertz CT molecular complexity index is 887. The van der Waals surface area contributed by atoms with E-state index in [0.29, 0.717) is 49.3 Å². The van der Waals surface area contributed by atoms with E-state index in [2.05, 4.69) is 20.9 Å². The highest BCUT2D eigenvalue weighted by atomic mass is 19.1. The smallest absolute Gasteiger partial charge is 0.251 e. The number of aliphatic imine (C=N–C) groups is 1. The topological polar surface area (TPSA) is 84.0 Å². The number of carbonyl (C=O) groups is 1. The van der Waals surface area contributed by atoms with Gasteiger partial charge in [0.25, 0.3) is 5.91 Å². The molecule has 0 saturated carbocycles. The molecule has 0 heterocycles. The minimum atomic E-state index is -0.398. The standard InChI is InChI=1S/C22H29FN4O3/c1-5-24-22(27-17-9-10-19(30-6-2)20(14-17)29-4)26-12-11-25-21(28)16-8-7-15(3)18(23)13-16/h7-10,13-14H,5-6,11-12H2,1-4H3,(H,25,28)(H2,24,26,27). The second-order valence-electron chi connectivity index (χ2n) is 6.40. The number of carbonyl (C=O) groups excluding carboxylic acids is 1. The molecule has 0 spiro atoms. The van der Waals surface area contributed by atoms with Crippen LogP contribution in [0.1, 0.15) is 29.8 Å². The molecule has 0 aliphatic rings. The number of nitrogens with one attached hydrogen (secondary N) is 3. The lowest BCUT2D eigenvalue weighted by Gasteiger charge is -2.14. The van der Waals surface area contributed by atoms with Gasteiger partial charge in [0.1, 0.15) is 5.82 Å². The summed E-state index contributed by atoms with van der Waals surface area (Å²) in [5.74, 6) is 1.13. The molecule has 0 radical (unpaired) electrons. The van der Waals surface area contributed by atoms with Crippen LogP contribution in [0.2, 0.25) is 0 Å². The lowest BCUT2D eigenvalue weighted by Crippen LogP contribution is -2.32. The predicted molar refractivity (Wildman–Crippen MR) is 117 cm³/mol. The molecule has 162 valence electrons. The molecule has 0 aliphatic heterocycles. The summed E-state index contributed by atoms with van der Waals surface area (Å²) in [7, 11) is 1.59. The number of methoxy groups -OCH3 is 1. The molecule has 0 saturated heterocycles. The molecular formula is C22H29FN4O3. The Labute approximate surface area is 176 Å². The Morgan fingerprint density at radius 3 is 2.57 bits per heavy atom. The Morgan fingerprint density at radius 2 is 1.90 bits per heavy atom. The van der Waals surface area contributed by atoms with Gasteiger partial charge in [-0.1, -0.05) is 6.07 Å². The molecule has 3 N–H and O–H groups in total. The Morgan fingerprint density at radius 1 is 1.10 bits per heavy atom. The second kappa shape index (κ2) is 11.6. The number of anilines is 1. The van der Waals surface area contributed by atoms with E-state index in [1.165, 1.54) is 6.07 Å². The zero-order valence-electron chi connectivity index (χ0n) is 17.8. The number of halogens is 1. The molecule has 2 rings (SSSR count). The minimum Gasteiger partial charge on any atom is -0.493 e. The molecule has 0 unspecified atom stereocenters. The van der Waals surface area contributed by atoms with Crippen LogP contribution in [0.15, 0.2) is 41.4 Å². The molecule has 0 aliphatic carbocycles. The van der Waals surface area contributed by atoms with Crippen molar-refractivity contribution in [3.63, 3.8) is 0 Å². The molecular weight excluding hydrogens is 387 g/mol. The summed E-state index contributed by atoms with van der Waals surface area (Å²) in [4.78, 5) is 16.6. The molecule has 30 heavy (non-hydrogen) atoms. The normalized spacial score (nSPS) is 11.0. The Kier molecular flexibility index (Phi) is 8.93. The number of amides is 1. The molecule has 2 aromatic rings. The van der Waals surface area contributed by atoms with Gasteiger partial charge in [0.2, 0.25) is 0 Å². The van der Waals surface area contributed by atoms with Crippen LogP contribution >= 0.6 is 0 Å². The quantitative estimate of drug-likeness (QED) is 0.332. The van der Waals surface area contributed by atoms with Crippen LogP contribution in [0.5, 0.6) is 11.5 Å². The molecule has 8 heteroatoms. The zero-order chi connectivity index (χ0) is 21.9. The fourth-order valence-corrected chi connectivity index (χ4v) is 2.64. The van der Waals surface area contributed by atoms with E-state index in [-0.39, 0.29) is 11.5 Å². The molecule has 0 aromatic heterocycles. The van der Waals surface area contributed by atoms with Gasteiger partial charge in [0.15, 0.2) is 17.5 Å². The number of hydrogen-bond acceptors (Lipinski definition) is 4. The highest BCUT2D eigenvalue weighted by molar-refractivity contribution is 5.95. The van der Waals surface area contributed by atoms with Crippen molar-refractivity contribution in [1.82, 2.24) is 10.6 Å². The van der Waals surface area contributed by atoms with Gasteiger partial charge >= 0.3 is 0 Å². The van der Waals surface area contributed by atoms with E-state index in [1.54, 1.807) is 26.2 Å². The summed E-state index contributed by atoms with van der Waals surface area (Å²) in [6.07, 6.45) is 0. The maximum Gasteiger partial charge on any atom is 0.251 e. The van der Waals surface area contributed by atoms with Crippen LogP contribution < -0.4 is 25.4 Å². The van der Waals surface area contributed by atoms with E-state index in [1.807, 2.05) is 32.0 Å². The number of ether oxygens (including phenoxy) is 2. The number of nitrogens with zero attached hydrogens (tertiary/aromatic N) is 1. The lowest BCUT2D eigenvalue weighted by atomic mass is 10.1. The largest absolute Gasteiger partial charge is 0.493 e. The molecule has 0 atom stereocenters. The number of hydrogen-bond donors (Lipinski definition) is 3. The lowest BCUT2D eigenvalue weighted by molar-refractivity contribution is 0.0954. The van der Waals surface area contributed by atoms with E-state index in [0.717, 1.165) is 5.69 Å². The zero-order valence-corrected chi connectivity index (χ0v) is 17.8. The summed E-state index contributed by atoms with van der Waals surface area (Å²) < 4.78 is 24.5. The third-order valence-corrected chi connectivity index (χ3v) is 4.17. The van der Waals surface area contributed by atoms with Crippen LogP contribution in [0, 0.1) is 12.7 Å². The summed E-state index contributed by atoms with van der Waals surface area (Å²) in [5.41, 5.74) is 1.58. The van der Waals surface area contributed by atoms with Crippen LogP contribution in [0.3, 0.4) is 0 Å². The van der Waals surface area contributed by atoms with Crippen LogP contribution in [-0.2, 0) is 0 Å². The summed E-state index contributed by atoms with van der Waals surface area (Å²) >= 11 is 0. The summed E-state index contributed by atoms with van der Waals surface area (Å²) in [6, 6.07) is 9.94. The van der Waals surface area contributed by atoms with Crippen molar-refractivity contribution in [1.29, 1.82) is 0 Å². The van der Waals surface area contributed by atoms with Crippen LogP contribution in [0.4, 0.5) is 10.1 Å². The average Bonchev–Trinajstić information content (AvgIpc) is 2.74. The fraction of sp³-hybridized carbons (Fsp3) is 0.364. The van der Waals surface area contributed by atoms with Gasteiger partial charge < -0.3 is 25.4 Å². The van der Waals surface area contributed by atoms with Crippen LogP contribution in [-0.4, -0.2) is 45.2 Å². The van der Waals surface area contributed by atoms with Crippen LogP contribution in [0.25, 0.3) is 0 Å². The maximum absolute atomic E-state index is 13.6. The van der Waals surface area contributed by atoms with Crippen molar-refractivity contribution < 1.29 is 18.7 Å². The SMILES string of the molecule is CCNC(=NCCNC(=O)c1ccc(C)c(F)c1)Nc1ccc(OCC)c(OC)c1. The number of guanidine groups is 1. The van der Waals surface area contributed by atoms with Gasteiger partial charge in [-0.2, -0.15) is 0 Å². The third kappa shape index (κ3) is 6.65. The van der Waals surface area contributed by atoms with Crippen molar-refractivity contribution in [3.8, 4) is 11.5 Å². The van der Waals surface area contributed by atoms with Gasteiger partial charge in [-0.25, -0.2) is 4.39 Å². The van der Waals surface area contributed by atoms with Crippen molar-refractivity contribution in [2.24, 2.45) is 4.99 Å².